The molecule has 1 N–H and O–H groups in total. The molecule has 4 nitrogen and oxygen atoms in total. The van der Waals surface area contributed by atoms with Gasteiger partial charge in [0.1, 0.15) is 0 Å². The van der Waals surface area contributed by atoms with E-state index in [1.807, 2.05) is 6.20 Å². The number of benzene rings is 1. The number of rotatable bonds is 1. The van der Waals surface area contributed by atoms with Gasteiger partial charge in [-0.1, -0.05) is 24.3 Å². The number of hydrogen-bond donors (Lipinski definition) is 1. The average molecular weight is 254 g/mol. The number of hydrogen-bond acceptors (Lipinski definition) is 4. The number of anilines is 1. The first-order valence-corrected chi connectivity index (χ1v) is 7.10. The van der Waals surface area contributed by atoms with Crippen LogP contribution in [0.5, 0.6) is 0 Å². The molecule has 1 aromatic carbocycles. The molecule has 0 bridgehead atoms. The van der Waals surface area contributed by atoms with Gasteiger partial charge in [0, 0.05) is 29.9 Å². The van der Waals surface area contributed by atoms with Crippen LogP contribution in [0.3, 0.4) is 0 Å². The van der Waals surface area contributed by atoms with E-state index in [9.17, 15) is 0 Å². The van der Waals surface area contributed by atoms with Gasteiger partial charge in [-0.15, -0.1) is 5.10 Å². The van der Waals surface area contributed by atoms with E-state index in [-0.39, 0.29) is 0 Å². The van der Waals surface area contributed by atoms with Gasteiger partial charge in [0.2, 0.25) is 0 Å². The smallest absolute Gasteiger partial charge is 0.159 e. The summed E-state index contributed by atoms with van der Waals surface area (Å²) in [6.45, 7) is 3.34. The van der Waals surface area contributed by atoms with E-state index in [0.29, 0.717) is 6.04 Å². The van der Waals surface area contributed by atoms with E-state index < -0.39 is 0 Å². The second-order valence-corrected chi connectivity index (χ2v) is 5.62. The zero-order valence-corrected chi connectivity index (χ0v) is 10.9. The second kappa shape index (κ2) is 4.46. The van der Waals surface area contributed by atoms with E-state index in [4.69, 9.17) is 0 Å². The first kappa shape index (κ1) is 11.2. The first-order valence-electron chi connectivity index (χ1n) is 7.10. The Kier molecular flexibility index (Phi) is 2.62. The van der Waals surface area contributed by atoms with Crippen molar-refractivity contribution >= 4 is 16.6 Å². The second-order valence-electron chi connectivity index (χ2n) is 5.62. The Balaban J connectivity index is 1.71. The first-order chi connectivity index (χ1) is 9.42. The highest BCUT2D eigenvalue weighted by Gasteiger charge is 2.35. The van der Waals surface area contributed by atoms with E-state index >= 15 is 0 Å². The van der Waals surface area contributed by atoms with Crippen molar-refractivity contribution in [1.29, 1.82) is 0 Å². The fourth-order valence-corrected chi connectivity index (χ4v) is 3.47. The van der Waals surface area contributed by atoms with Gasteiger partial charge in [-0.05, 0) is 25.3 Å². The zero-order valence-electron chi connectivity index (χ0n) is 10.9. The third-order valence-corrected chi connectivity index (χ3v) is 4.45. The van der Waals surface area contributed by atoms with Crippen molar-refractivity contribution in [2.75, 3.05) is 24.5 Å². The molecule has 1 aromatic heterocycles. The molecule has 2 aliphatic rings. The Bertz CT molecular complexity index is 578. The highest BCUT2D eigenvalue weighted by atomic mass is 15.3. The van der Waals surface area contributed by atoms with Crippen molar-refractivity contribution in [3.63, 3.8) is 0 Å². The molecular weight excluding hydrogens is 236 g/mol. The van der Waals surface area contributed by atoms with Crippen molar-refractivity contribution in [1.82, 2.24) is 15.5 Å². The highest BCUT2D eigenvalue weighted by molar-refractivity contribution is 5.91. The SMILES string of the molecule is c1ccc2c(N3CC4CCCNC4C3)nncc2c1. The largest absolute Gasteiger partial charge is 0.353 e. The molecule has 4 heteroatoms. The molecule has 98 valence electrons. The zero-order chi connectivity index (χ0) is 12.7. The minimum absolute atomic E-state index is 0.634. The molecule has 0 saturated carbocycles. The van der Waals surface area contributed by atoms with Crippen molar-refractivity contribution in [2.24, 2.45) is 5.92 Å². The molecule has 2 aliphatic heterocycles. The number of aromatic nitrogens is 2. The van der Waals surface area contributed by atoms with Crippen LogP contribution >= 0.6 is 0 Å². The highest BCUT2D eigenvalue weighted by Crippen LogP contribution is 2.31. The van der Waals surface area contributed by atoms with Crippen LogP contribution in [0.4, 0.5) is 5.82 Å². The van der Waals surface area contributed by atoms with E-state index in [1.54, 1.807) is 0 Å². The third kappa shape index (κ3) is 1.87. The summed E-state index contributed by atoms with van der Waals surface area (Å²) in [6, 6.07) is 9.02. The summed E-state index contributed by atoms with van der Waals surface area (Å²) in [6.07, 6.45) is 4.49. The van der Waals surface area contributed by atoms with Crippen molar-refractivity contribution in [2.45, 2.75) is 18.9 Å². The van der Waals surface area contributed by atoms with Gasteiger partial charge in [0.25, 0.3) is 0 Å². The molecule has 0 radical (unpaired) electrons. The summed E-state index contributed by atoms with van der Waals surface area (Å²) in [5.74, 6) is 1.82. The third-order valence-electron chi connectivity index (χ3n) is 4.45. The Hall–Kier alpha value is -1.68. The van der Waals surface area contributed by atoms with Crippen LogP contribution in [0, 0.1) is 5.92 Å². The summed E-state index contributed by atoms with van der Waals surface area (Å²) < 4.78 is 0. The molecule has 19 heavy (non-hydrogen) atoms. The standard InChI is InChI=1S/C15H18N4/c1-2-6-13-11(4-1)8-17-18-15(13)19-9-12-5-3-7-16-14(12)10-19/h1-2,4,6,8,12,14,16H,3,5,7,9-10H2. The van der Waals surface area contributed by atoms with Crippen LogP contribution in [-0.2, 0) is 0 Å². The van der Waals surface area contributed by atoms with Gasteiger partial charge < -0.3 is 10.2 Å². The Morgan fingerprint density at radius 2 is 2.16 bits per heavy atom. The lowest BCUT2D eigenvalue weighted by Gasteiger charge is -2.24. The summed E-state index contributed by atoms with van der Waals surface area (Å²) in [5, 5.41) is 14.6. The molecule has 2 saturated heterocycles. The number of piperidine rings is 1. The van der Waals surface area contributed by atoms with Crippen LogP contribution < -0.4 is 10.2 Å². The molecule has 4 rings (SSSR count). The van der Waals surface area contributed by atoms with Gasteiger partial charge in [0.05, 0.1) is 6.20 Å². The fraction of sp³-hybridized carbons (Fsp3) is 0.467. The molecule has 0 spiro atoms. The minimum Gasteiger partial charge on any atom is -0.353 e. The predicted molar refractivity (Wildman–Crippen MR) is 76.3 cm³/mol. The van der Waals surface area contributed by atoms with Crippen LogP contribution in [-0.4, -0.2) is 35.9 Å². The molecule has 2 aromatic rings. The lowest BCUT2D eigenvalue weighted by molar-refractivity contribution is 0.340. The van der Waals surface area contributed by atoms with Crippen LogP contribution in [0.25, 0.3) is 10.8 Å². The number of nitrogens with zero attached hydrogens (tertiary/aromatic N) is 3. The van der Waals surface area contributed by atoms with Crippen molar-refractivity contribution in [3.8, 4) is 0 Å². The van der Waals surface area contributed by atoms with Crippen LogP contribution in [0.1, 0.15) is 12.8 Å². The maximum atomic E-state index is 4.39. The summed E-state index contributed by atoms with van der Waals surface area (Å²) in [7, 11) is 0. The Morgan fingerprint density at radius 1 is 1.21 bits per heavy atom. The van der Waals surface area contributed by atoms with E-state index in [1.165, 1.54) is 23.6 Å². The maximum absolute atomic E-state index is 4.39. The Labute approximate surface area is 112 Å². The fourth-order valence-electron chi connectivity index (χ4n) is 3.47. The number of nitrogens with one attached hydrogen (secondary N) is 1. The molecule has 0 aliphatic carbocycles. The lowest BCUT2D eigenvalue weighted by atomic mass is 9.94. The van der Waals surface area contributed by atoms with Crippen LogP contribution in [0.15, 0.2) is 30.5 Å². The molecular formula is C15H18N4. The van der Waals surface area contributed by atoms with E-state index in [2.05, 4.69) is 44.7 Å². The minimum atomic E-state index is 0.634. The Morgan fingerprint density at radius 3 is 3.11 bits per heavy atom. The van der Waals surface area contributed by atoms with Crippen molar-refractivity contribution in [3.05, 3.63) is 30.5 Å². The van der Waals surface area contributed by atoms with E-state index in [0.717, 1.165) is 31.4 Å². The van der Waals surface area contributed by atoms with Crippen molar-refractivity contribution < 1.29 is 0 Å². The molecule has 2 atom stereocenters. The van der Waals surface area contributed by atoms with Gasteiger partial charge >= 0.3 is 0 Å². The molecule has 2 unspecified atom stereocenters. The summed E-state index contributed by atoms with van der Waals surface area (Å²) in [4.78, 5) is 2.41. The van der Waals surface area contributed by atoms with Gasteiger partial charge in [0.15, 0.2) is 5.82 Å². The summed E-state index contributed by atoms with van der Waals surface area (Å²) in [5.41, 5.74) is 0. The molecule has 0 amide bonds. The number of fused-ring (bicyclic) bond motifs is 2. The topological polar surface area (TPSA) is 41.0 Å². The quantitative estimate of drug-likeness (QED) is 0.843. The van der Waals surface area contributed by atoms with Crippen LogP contribution in [0.2, 0.25) is 0 Å². The average Bonchev–Trinajstić information content (AvgIpc) is 2.90. The van der Waals surface area contributed by atoms with Gasteiger partial charge in [-0.25, -0.2) is 0 Å². The molecule has 2 fully saturated rings. The predicted octanol–water partition coefficient (Wildman–Crippen LogP) is 1.82. The monoisotopic (exact) mass is 254 g/mol. The molecule has 3 heterocycles. The maximum Gasteiger partial charge on any atom is 0.159 e. The van der Waals surface area contributed by atoms with Gasteiger partial charge in [-0.3, -0.25) is 0 Å². The van der Waals surface area contributed by atoms with Gasteiger partial charge in [-0.2, -0.15) is 5.10 Å². The lowest BCUT2D eigenvalue weighted by Crippen LogP contribution is -2.40. The normalized spacial score (nSPS) is 26.6. The summed E-state index contributed by atoms with van der Waals surface area (Å²) >= 11 is 0.